The maximum Gasteiger partial charge on any atom is 0.393 e. The molecule has 0 saturated heterocycles. The van der Waals surface area contributed by atoms with Gasteiger partial charge in [0.2, 0.25) is 0 Å². The summed E-state index contributed by atoms with van der Waals surface area (Å²) in [7, 11) is 0. The molecule has 0 spiro atoms. The van der Waals surface area contributed by atoms with E-state index >= 15 is 0 Å². The van der Waals surface area contributed by atoms with E-state index in [0.717, 1.165) is 0 Å². The molecule has 2 aromatic rings. The van der Waals surface area contributed by atoms with Gasteiger partial charge in [-0.3, -0.25) is 5.10 Å². The number of nitrogens with one attached hydrogen (secondary N) is 2. The first-order valence-electron chi connectivity index (χ1n) is 5.74. The first-order chi connectivity index (χ1) is 9.39. The molecule has 0 saturated carbocycles. The second kappa shape index (κ2) is 5.36. The van der Waals surface area contributed by atoms with Crippen LogP contribution in [-0.2, 0) is 6.42 Å². The lowest BCUT2D eigenvalue weighted by atomic mass is 10.1. The smallest absolute Gasteiger partial charge is 0.393 e. The average Bonchev–Trinajstić information content (AvgIpc) is 2.80. The van der Waals surface area contributed by atoms with E-state index in [2.05, 4.69) is 16.8 Å². The van der Waals surface area contributed by atoms with Crippen molar-refractivity contribution in [2.75, 3.05) is 6.61 Å². The third kappa shape index (κ3) is 3.37. The van der Waals surface area contributed by atoms with Crippen molar-refractivity contribution in [3.05, 3.63) is 36.5 Å². The highest BCUT2D eigenvalue weighted by molar-refractivity contribution is 5.93. The molecular formula is C13H12F3N3O. The van der Waals surface area contributed by atoms with Crippen molar-refractivity contribution in [2.45, 2.75) is 12.6 Å². The molecule has 20 heavy (non-hydrogen) atoms. The van der Waals surface area contributed by atoms with Crippen LogP contribution >= 0.6 is 0 Å². The molecule has 1 aromatic carbocycles. The van der Waals surface area contributed by atoms with Crippen molar-refractivity contribution >= 4 is 16.6 Å². The molecule has 2 rings (SSSR count). The van der Waals surface area contributed by atoms with Crippen molar-refractivity contribution in [1.29, 1.82) is 5.41 Å². The molecule has 1 aromatic heterocycles. The van der Waals surface area contributed by atoms with Gasteiger partial charge in [-0.1, -0.05) is 6.58 Å². The molecule has 4 nitrogen and oxygen atoms in total. The Labute approximate surface area is 112 Å². The Morgan fingerprint density at radius 1 is 1.45 bits per heavy atom. The third-order valence-corrected chi connectivity index (χ3v) is 2.64. The SMILES string of the molecule is C=CC(=N)COc1cc2[nH]ncc2cc1CC(F)(F)F. The second-order valence-corrected chi connectivity index (χ2v) is 4.23. The summed E-state index contributed by atoms with van der Waals surface area (Å²) in [6.07, 6.45) is -2.70. The molecule has 2 N–H and O–H groups in total. The first kappa shape index (κ1) is 14.1. The van der Waals surface area contributed by atoms with Gasteiger partial charge in [-0.2, -0.15) is 18.3 Å². The fourth-order valence-electron chi connectivity index (χ4n) is 1.72. The Hall–Kier alpha value is -2.31. The van der Waals surface area contributed by atoms with Crippen LogP contribution in [0, 0.1) is 5.41 Å². The van der Waals surface area contributed by atoms with Gasteiger partial charge in [0.05, 0.1) is 23.8 Å². The third-order valence-electron chi connectivity index (χ3n) is 2.64. The highest BCUT2D eigenvalue weighted by Crippen LogP contribution is 2.30. The fraction of sp³-hybridized carbons (Fsp3) is 0.231. The first-order valence-corrected chi connectivity index (χ1v) is 5.74. The minimum Gasteiger partial charge on any atom is -0.487 e. The zero-order chi connectivity index (χ0) is 14.8. The molecule has 0 unspecified atom stereocenters. The maximum atomic E-state index is 12.6. The van der Waals surface area contributed by atoms with Crippen molar-refractivity contribution in [3.8, 4) is 5.75 Å². The van der Waals surface area contributed by atoms with Gasteiger partial charge in [-0.15, -0.1) is 0 Å². The number of aromatic nitrogens is 2. The number of hydrogen-bond donors (Lipinski definition) is 2. The van der Waals surface area contributed by atoms with Crippen LogP contribution in [0.25, 0.3) is 10.9 Å². The molecule has 106 valence electrons. The molecule has 7 heteroatoms. The van der Waals surface area contributed by atoms with E-state index in [9.17, 15) is 13.2 Å². The number of fused-ring (bicyclic) bond motifs is 1. The molecule has 0 radical (unpaired) electrons. The number of halogens is 3. The van der Waals surface area contributed by atoms with Crippen LogP contribution in [0.3, 0.4) is 0 Å². The zero-order valence-corrected chi connectivity index (χ0v) is 10.4. The van der Waals surface area contributed by atoms with Crippen LogP contribution < -0.4 is 4.74 Å². The van der Waals surface area contributed by atoms with E-state index in [0.29, 0.717) is 10.9 Å². The Kier molecular flexibility index (Phi) is 3.78. The van der Waals surface area contributed by atoms with Gasteiger partial charge in [0, 0.05) is 17.0 Å². The van der Waals surface area contributed by atoms with Crippen LogP contribution in [0.2, 0.25) is 0 Å². The van der Waals surface area contributed by atoms with Crippen molar-refractivity contribution in [2.24, 2.45) is 0 Å². The maximum absolute atomic E-state index is 12.6. The van der Waals surface area contributed by atoms with Gasteiger partial charge < -0.3 is 10.1 Å². The monoisotopic (exact) mass is 283 g/mol. The van der Waals surface area contributed by atoms with E-state index in [1.54, 1.807) is 0 Å². The Morgan fingerprint density at radius 3 is 2.85 bits per heavy atom. The van der Waals surface area contributed by atoms with E-state index in [1.807, 2.05) is 0 Å². The standard InChI is InChI=1S/C13H12F3N3O/c1-2-10(17)7-20-12-4-11-9(6-18-19-11)3-8(12)5-13(14,15)16/h2-4,6,17H,1,5,7H2,(H,18,19). The molecule has 0 bridgehead atoms. The van der Waals surface area contributed by atoms with Gasteiger partial charge in [-0.25, -0.2) is 0 Å². The summed E-state index contributed by atoms with van der Waals surface area (Å²) in [4.78, 5) is 0. The van der Waals surface area contributed by atoms with Crippen LogP contribution in [0.5, 0.6) is 5.75 Å². The van der Waals surface area contributed by atoms with E-state index in [-0.39, 0.29) is 23.6 Å². The number of aromatic amines is 1. The van der Waals surface area contributed by atoms with Crippen LogP contribution in [0.4, 0.5) is 13.2 Å². The number of hydrogen-bond acceptors (Lipinski definition) is 3. The van der Waals surface area contributed by atoms with Gasteiger partial charge >= 0.3 is 6.18 Å². The molecule has 0 aliphatic heterocycles. The quantitative estimate of drug-likeness (QED) is 0.827. The molecule has 0 amide bonds. The van der Waals surface area contributed by atoms with Crippen molar-refractivity contribution < 1.29 is 17.9 Å². The van der Waals surface area contributed by atoms with E-state index in [4.69, 9.17) is 10.1 Å². The van der Waals surface area contributed by atoms with Crippen LogP contribution in [-0.4, -0.2) is 28.7 Å². The summed E-state index contributed by atoms with van der Waals surface area (Å²) >= 11 is 0. The van der Waals surface area contributed by atoms with Crippen LogP contribution in [0.1, 0.15) is 5.56 Å². The number of benzene rings is 1. The topological polar surface area (TPSA) is 61.8 Å². The number of nitrogens with zero attached hydrogens (tertiary/aromatic N) is 1. The van der Waals surface area contributed by atoms with Gasteiger partial charge in [0.15, 0.2) is 0 Å². The lowest BCUT2D eigenvalue weighted by molar-refractivity contribution is -0.127. The summed E-state index contributed by atoms with van der Waals surface area (Å²) in [5.41, 5.74) is 0.687. The predicted octanol–water partition coefficient (Wildman–Crippen LogP) is 3.25. The Morgan fingerprint density at radius 2 is 2.20 bits per heavy atom. The minimum atomic E-state index is -4.33. The number of ether oxygens (including phenoxy) is 1. The molecular weight excluding hydrogens is 271 g/mol. The molecule has 0 atom stereocenters. The van der Waals surface area contributed by atoms with Gasteiger partial charge in [0.25, 0.3) is 0 Å². The van der Waals surface area contributed by atoms with Gasteiger partial charge in [0.1, 0.15) is 12.4 Å². The Bertz CT molecular complexity index is 646. The highest BCUT2D eigenvalue weighted by Gasteiger charge is 2.29. The molecule has 0 aliphatic carbocycles. The van der Waals surface area contributed by atoms with Crippen molar-refractivity contribution in [1.82, 2.24) is 10.2 Å². The predicted molar refractivity (Wildman–Crippen MR) is 69.3 cm³/mol. The summed E-state index contributed by atoms with van der Waals surface area (Å²) in [5, 5.41) is 14.4. The molecule has 1 heterocycles. The lowest BCUT2D eigenvalue weighted by Gasteiger charge is -2.13. The van der Waals surface area contributed by atoms with Gasteiger partial charge in [-0.05, 0) is 12.1 Å². The lowest BCUT2D eigenvalue weighted by Crippen LogP contribution is -2.14. The molecule has 0 aliphatic rings. The van der Waals surface area contributed by atoms with E-state index < -0.39 is 12.6 Å². The summed E-state index contributed by atoms with van der Waals surface area (Å²) < 4.78 is 43.0. The largest absolute Gasteiger partial charge is 0.487 e. The number of H-pyrrole nitrogens is 1. The fourth-order valence-corrected chi connectivity index (χ4v) is 1.72. The van der Waals surface area contributed by atoms with Crippen molar-refractivity contribution in [3.63, 3.8) is 0 Å². The summed E-state index contributed by atoms with van der Waals surface area (Å²) in [5.74, 6) is 0.0886. The van der Waals surface area contributed by atoms with Crippen LogP contribution in [0.15, 0.2) is 31.0 Å². The molecule has 0 fully saturated rings. The zero-order valence-electron chi connectivity index (χ0n) is 10.4. The second-order valence-electron chi connectivity index (χ2n) is 4.23. The number of alkyl halides is 3. The minimum absolute atomic E-state index is 0.0169. The average molecular weight is 283 g/mol. The summed E-state index contributed by atoms with van der Waals surface area (Å²) in [6, 6.07) is 2.85. The normalized spacial score (nSPS) is 11.6. The van der Waals surface area contributed by atoms with E-state index in [1.165, 1.54) is 24.4 Å². The highest BCUT2D eigenvalue weighted by atomic mass is 19.4. The summed E-state index contributed by atoms with van der Waals surface area (Å²) in [6.45, 7) is 3.26. The number of rotatable bonds is 5. The Balaban J connectivity index is 2.34.